The lowest BCUT2D eigenvalue weighted by Crippen LogP contribution is -2.42. The first-order valence-corrected chi connectivity index (χ1v) is 11.9. The van der Waals surface area contributed by atoms with Gasteiger partial charge in [0.2, 0.25) is 5.44 Å². The van der Waals surface area contributed by atoms with E-state index in [0.717, 1.165) is 11.1 Å². The molecule has 2 aromatic rings. The molecule has 1 heterocycles. The molecule has 0 radical (unpaired) electrons. The zero-order chi connectivity index (χ0) is 22.6. The molecule has 7 nitrogen and oxygen atoms in total. The van der Waals surface area contributed by atoms with Crippen LogP contribution in [0, 0.1) is 0 Å². The summed E-state index contributed by atoms with van der Waals surface area (Å²) in [5.74, 6) is 0.0342. The van der Waals surface area contributed by atoms with Gasteiger partial charge in [0.25, 0.3) is 10.0 Å². The van der Waals surface area contributed by atoms with Gasteiger partial charge in [-0.2, -0.15) is 4.31 Å². The SMILES string of the molecule is CCCN(CCc1ccc(OC(C)(C)C(=O)O)cc1)S(=O)(=O)C1Cc2ccccc2O1. The van der Waals surface area contributed by atoms with E-state index in [4.69, 9.17) is 9.47 Å². The Kier molecular flexibility index (Phi) is 6.91. The zero-order valence-corrected chi connectivity index (χ0v) is 18.9. The topological polar surface area (TPSA) is 93.1 Å². The summed E-state index contributed by atoms with van der Waals surface area (Å²) in [6, 6.07) is 14.5. The molecular weight excluding hydrogens is 418 g/mol. The largest absolute Gasteiger partial charge is 0.478 e. The van der Waals surface area contributed by atoms with Crippen LogP contribution in [0.25, 0.3) is 0 Å². The first-order chi connectivity index (χ1) is 14.6. The Balaban J connectivity index is 1.65. The number of benzene rings is 2. The minimum absolute atomic E-state index is 0.340. The summed E-state index contributed by atoms with van der Waals surface area (Å²) in [6.45, 7) is 5.68. The number of carbonyl (C=O) groups is 1. The van der Waals surface area contributed by atoms with Crippen LogP contribution in [-0.2, 0) is 27.7 Å². The van der Waals surface area contributed by atoms with Crippen molar-refractivity contribution < 1.29 is 27.8 Å². The predicted molar refractivity (Wildman–Crippen MR) is 118 cm³/mol. The minimum atomic E-state index is -3.62. The third kappa shape index (κ3) is 5.37. The predicted octanol–water partition coefficient (Wildman–Crippen LogP) is 3.47. The maximum Gasteiger partial charge on any atom is 0.347 e. The van der Waals surface area contributed by atoms with Crippen molar-refractivity contribution in [1.82, 2.24) is 4.31 Å². The number of hydrogen-bond donors (Lipinski definition) is 1. The van der Waals surface area contributed by atoms with Crippen LogP contribution < -0.4 is 9.47 Å². The quantitative estimate of drug-likeness (QED) is 0.599. The summed E-state index contributed by atoms with van der Waals surface area (Å²) in [7, 11) is -3.62. The van der Waals surface area contributed by atoms with Gasteiger partial charge in [-0.25, -0.2) is 13.2 Å². The van der Waals surface area contributed by atoms with Gasteiger partial charge in [0.15, 0.2) is 5.60 Å². The molecule has 3 rings (SSSR count). The highest BCUT2D eigenvalue weighted by Gasteiger charge is 2.37. The van der Waals surface area contributed by atoms with Crippen LogP contribution in [0.4, 0.5) is 0 Å². The van der Waals surface area contributed by atoms with E-state index in [1.54, 1.807) is 18.2 Å². The summed E-state index contributed by atoms with van der Waals surface area (Å²) < 4.78 is 39.2. The van der Waals surface area contributed by atoms with Crippen molar-refractivity contribution in [2.45, 2.75) is 51.1 Å². The molecule has 0 bridgehead atoms. The molecule has 8 heteroatoms. The van der Waals surface area contributed by atoms with Gasteiger partial charge in [-0.15, -0.1) is 0 Å². The van der Waals surface area contributed by atoms with Crippen molar-refractivity contribution in [3.8, 4) is 11.5 Å². The number of carboxylic acids is 1. The molecule has 1 aliphatic rings. The Morgan fingerprint density at radius 2 is 1.84 bits per heavy atom. The zero-order valence-electron chi connectivity index (χ0n) is 18.1. The van der Waals surface area contributed by atoms with Crippen molar-refractivity contribution in [3.05, 3.63) is 59.7 Å². The maximum absolute atomic E-state index is 13.2. The minimum Gasteiger partial charge on any atom is -0.478 e. The average Bonchev–Trinajstić information content (AvgIpc) is 3.17. The van der Waals surface area contributed by atoms with E-state index in [1.165, 1.54) is 18.2 Å². The van der Waals surface area contributed by atoms with E-state index in [9.17, 15) is 18.3 Å². The van der Waals surface area contributed by atoms with E-state index in [-0.39, 0.29) is 0 Å². The number of nitrogens with zero attached hydrogens (tertiary/aromatic N) is 1. The van der Waals surface area contributed by atoms with Crippen LogP contribution in [-0.4, -0.2) is 47.9 Å². The van der Waals surface area contributed by atoms with Gasteiger partial charge in [-0.1, -0.05) is 37.3 Å². The molecule has 0 aliphatic carbocycles. The third-order valence-electron chi connectivity index (χ3n) is 5.24. The normalized spacial score (nSPS) is 16.1. The fraction of sp³-hybridized carbons (Fsp3) is 0.435. The van der Waals surface area contributed by atoms with E-state index in [2.05, 4.69) is 0 Å². The van der Waals surface area contributed by atoms with Crippen molar-refractivity contribution in [2.75, 3.05) is 13.1 Å². The maximum atomic E-state index is 13.2. The third-order valence-corrected chi connectivity index (χ3v) is 7.26. The number of rotatable bonds is 10. The van der Waals surface area contributed by atoms with Crippen molar-refractivity contribution in [3.63, 3.8) is 0 Å². The van der Waals surface area contributed by atoms with Gasteiger partial charge >= 0.3 is 5.97 Å². The summed E-state index contributed by atoms with van der Waals surface area (Å²) >= 11 is 0. The van der Waals surface area contributed by atoms with Crippen LogP contribution in [0.5, 0.6) is 11.5 Å². The standard InChI is InChI=1S/C23H29NO6S/c1-4-14-24(31(27,28)21-16-18-7-5-6-8-20(18)29-21)15-13-17-9-11-19(12-10-17)30-23(2,3)22(25)26/h5-12,21H,4,13-16H2,1-3H3,(H,25,26). The number of fused-ring (bicyclic) bond motifs is 1. The molecule has 1 atom stereocenters. The molecular formula is C23H29NO6S. The van der Waals surface area contributed by atoms with Gasteiger partial charge in [0.1, 0.15) is 11.5 Å². The number of sulfonamides is 1. The number of para-hydroxylation sites is 1. The summed E-state index contributed by atoms with van der Waals surface area (Å²) in [6.07, 6.45) is 1.58. The van der Waals surface area contributed by atoms with Gasteiger partial charge in [-0.3, -0.25) is 0 Å². The highest BCUT2D eigenvalue weighted by atomic mass is 32.2. The molecule has 0 spiro atoms. The van der Waals surface area contributed by atoms with Crippen LogP contribution in [0.1, 0.15) is 38.3 Å². The summed E-state index contributed by atoms with van der Waals surface area (Å²) in [5, 5.41) is 9.18. The number of aliphatic carboxylic acids is 1. The van der Waals surface area contributed by atoms with Gasteiger partial charge < -0.3 is 14.6 Å². The van der Waals surface area contributed by atoms with E-state index >= 15 is 0 Å². The first-order valence-electron chi connectivity index (χ1n) is 10.4. The lowest BCUT2D eigenvalue weighted by atomic mass is 10.1. The molecule has 0 saturated carbocycles. The Morgan fingerprint density at radius 3 is 2.45 bits per heavy atom. The molecule has 0 saturated heterocycles. The van der Waals surface area contributed by atoms with Gasteiger partial charge in [0, 0.05) is 19.5 Å². The van der Waals surface area contributed by atoms with Crippen molar-refractivity contribution in [2.24, 2.45) is 0 Å². The second-order valence-electron chi connectivity index (χ2n) is 8.11. The van der Waals surface area contributed by atoms with Gasteiger partial charge in [0.05, 0.1) is 0 Å². The Hall–Kier alpha value is -2.58. The molecule has 1 N–H and O–H groups in total. The van der Waals surface area contributed by atoms with E-state index < -0.39 is 27.0 Å². The molecule has 2 aromatic carbocycles. The van der Waals surface area contributed by atoms with Crippen molar-refractivity contribution >= 4 is 16.0 Å². The number of carboxylic acid groups (broad SMARTS) is 1. The van der Waals surface area contributed by atoms with Crippen LogP contribution in [0.2, 0.25) is 0 Å². The van der Waals surface area contributed by atoms with E-state index in [0.29, 0.717) is 43.9 Å². The molecule has 1 unspecified atom stereocenters. The van der Waals surface area contributed by atoms with Crippen LogP contribution in [0.15, 0.2) is 48.5 Å². The fourth-order valence-electron chi connectivity index (χ4n) is 3.41. The lowest BCUT2D eigenvalue weighted by Gasteiger charge is -2.25. The molecule has 31 heavy (non-hydrogen) atoms. The smallest absolute Gasteiger partial charge is 0.347 e. The monoisotopic (exact) mass is 447 g/mol. The Morgan fingerprint density at radius 1 is 1.16 bits per heavy atom. The molecule has 0 aromatic heterocycles. The number of hydrogen-bond acceptors (Lipinski definition) is 5. The fourth-order valence-corrected chi connectivity index (χ4v) is 5.15. The Bertz CT molecular complexity index is 992. The first kappa shape index (κ1) is 23.1. The molecule has 1 aliphatic heterocycles. The summed E-state index contributed by atoms with van der Waals surface area (Å²) in [5.41, 5.74) is -0.378. The lowest BCUT2D eigenvalue weighted by molar-refractivity contribution is -0.152. The molecule has 0 amide bonds. The second kappa shape index (κ2) is 9.28. The average molecular weight is 448 g/mol. The highest BCUT2D eigenvalue weighted by Crippen LogP contribution is 2.31. The van der Waals surface area contributed by atoms with Crippen molar-refractivity contribution in [1.29, 1.82) is 0 Å². The second-order valence-corrected chi connectivity index (χ2v) is 10.2. The van der Waals surface area contributed by atoms with E-state index in [1.807, 2.05) is 37.3 Å². The van der Waals surface area contributed by atoms with Gasteiger partial charge in [-0.05, 0) is 56.0 Å². The number of ether oxygens (including phenoxy) is 2. The van der Waals surface area contributed by atoms with Crippen LogP contribution in [0.3, 0.4) is 0 Å². The molecule has 0 fully saturated rings. The highest BCUT2D eigenvalue weighted by molar-refractivity contribution is 7.89. The summed E-state index contributed by atoms with van der Waals surface area (Å²) in [4.78, 5) is 11.2. The van der Waals surface area contributed by atoms with Crippen LogP contribution >= 0.6 is 0 Å². The Labute approximate surface area is 183 Å². The molecule has 168 valence electrons.